The minimum Gasteiger partial charge on any atom is -0.396 e. The molecule has 2 aromatic heterocycles. The van der Waals surface area contributed by atoms with Crippen molar-refractivity contribution in [3.8, 4) is 0 Å². The monoisotopic (exact) mass is 312 g/mol. The van der Waals surface area contributed by atoms with E-state index in [1.54, 1.807) is 10.7 Å². The molecule has 3 rings (SSSR count). The molecule has 114 valence electrons. The number of fused-ring (bicyclic) bond motifs is 1. The average Bonchev–Trinajstić information content (AvgIpc) is 2.92. The third kappa shape index (κ3) is 2.69. The Labute approximate surface area is 126 Å². The van der Waals surface area contributed by atoms with Crippen LogP contribution in [0.25, 0.3) is 5.52 Å². The van der Waals surface area contributed by atoms with Crippen LogP contribution in [0.3, 0.4) is 0 Å². The van der Waals surface area contributed by atoms with Crippen LogP contribution in [0.5, 0.6) is 0 Å². The predicted molar refractivity (Wildman–Crippen MR) is 77.2 cm³/mol. The van der Waals surface area contributed by atoms with Gasteiger partial charge in [-0.15, -0.1) is 5.10 Å². The summed E-state index contributed by atoms with van der Waals surface area (Å²) in [7, 11) is 0. The lowest BCUT2D eigenvalue weighted by Crippen LogP contribution is -2.50. The molecule has 21 heavy (non-hydrogen) atoms. The lowest BCUT2D eigenvalue weighted by Gasteiger charge is -2.37. The Hall–Kier alpha value is -1.41. The third-order valence-electron chi connectivity index (χ3n) is 4.02. The molecule has 1 saturated carbocycles. The molecule has 1 fully saturated rings. The number of hydrogen-bond donors (Lipinski definition) is 4. The van der Waals surface area contributed by atoms with Crippen molar-refractivity contribution < 1.29 is 15.3 Å². The molecule has 1 aliphatic rings. The zero-order valence-corrected chi connectivity index (χ0v) is 12.0. The first-order valence-corrected chi connectivity index (χ1v) is 7.22. The van der Waals surface area contributed by atoms with Gasteiger partial charge in [-0.1, -0.05) is 0 Å². The molecule has 4 N–H and O–H groups in total. The van der Waals surface area contributed by atoms with Gasteiger partial charge >= 0.3 is 0 Å². The standard InChI is InChI=1S/C13H17ClN4O3/c14-13-16-12(9-2-1-5-18(9)17-13)15-8-4-3-7(6-19)10(20)11(8)21/h1-2,5,7-8,10-11,19-21H,3-4,6H2,(H,15,16,17)/t7?,8-,10-,11?/m0/s1. The second kappa shape index (κ2) is 5.76. The number of nitrogens with one attached hydrogen (secondary N) is 1. The summed E-state index contributed by atoms with van der Waals surface area (Å²) in [6.07, 6.45) is 1.07. The highest BCUT2D eigenvalue weighted by molar-refractivity contribution is 6.28. The number of aliphatic hydroxyl groups excluding tert-OH is 3. The first kappa shape index (κ1) is 14.5. The highest BCUT2D eigenvalue weighted by atomic mass is 35.5. The summed E-state index contributed by atoms with van der Waals surface area (Å²) >= 11 is 5.88. The Morgan fingerprint density at radius 3 is 2.90 bits per heavy atom. The number of hydrogen-bond acceptors (Lipinski definition) is 6. The number of halogens is 1. The molecule has 4 atom stereocenters. The minimum absolute atomic E-state index is 0.0975. The molecule has 0 spiro atoms. The SMILES string of the molecule is OCC1CC[C@H](Nc2nc(Cl)nn3cccc23)C(O)[C@H]1O. The van der Waals surface area contributed by atoms with E-state index in [1.165, 1.54) is 0 Å². The van der Waals surface area contributed by atoms with E-state index in [2.05, 4.69) is 15.4 Å². The van der Waals surface area contributed by atoms with Crippen LogP contribution >= 0.6 is 11.6 Å². The van der Waals surface area contributed by atoms with Gasteiger partial charge in [-0.25, -0.2) is 4.52 Å². The maximum atomic E-state index is 10.2. The Kier molecular flexibility index (Phi) is 3.99. The molecule has 2 unspecified atom stereocenters. The lowest BCUT2D eigenvalue weighted by molar-refractivity contribution is -0.0644. The summed E-state index contributed by atoms with van der Waals surface area (Å²) in [4.78, 5) is 4.15. The second-order valence-electron chi connectivity index (χ2n) is 5.32. The maximum Gasteiger partial charge on any atom is 0.243 e. The summed E-state index contributed by atoms with van der Waals surface area (Å²) in [6, 6.07) is 3.30. The number of anilines is 1. The number of aromatic nitrogens is 3. The van der Waals surface area contributed by atoms with Crippen molar-refractivity contribution in [3.05, 3.63) is 23.6 Å². The van der Waals surface area contributed by atoms with E-state index in [-0.39, 0.29) is 23.9 Å². The molecule has 0 radical (unpaired) electrons. The van der Waals surface area contributed by atoms with Gasteiger partial charge < -0.3 is 20.6 Å². The van der Waals surface area contributed by atoms with Crippen molar-refractivity contribution in [1.29, 1.82) is 0 Å². The van der Waals surface area contributed by atoms with E-state index in [4.69, 9.17) is 11.6 Å². The van der Waals surface area contributed by atoms with E-state index in [0.717, 1.165) is 5.52 Å². The largest absolute Gasteiger partial charge is 0.396 e. The summed E-state index contributed by atoms with van der Waals surface area (Å²) in [5.41, 5.74) is 0.741. The van der Waals surface area contributed by atoms with Gasteiger partial charge in [0.2, 0.25) is 5.28 Å². The van der Waals surface area contributed by atoms with Crippen molar-refractivity contribution in [2.24, 2.45) is 5.92 Å². The van der Waals surface area contributed by atoms with Gasteiger partial charge in [0.1, 0.15) is 11.6 Å². The highest BCUT2D eigenvalue weighted by Gasteiger charge is 2.37. The van der Waals surface area contributed by atoms with E-state index in [0.29, 0.717) is 18.7 Å². The fourth-order valence-electron chi connectivity index (χ4n) is 2.80. The van der Waals surface area contributed by atoms with Crippen molar-refractivity contribution in [1.82, 2.24) is 14.6 Å². The zero-order valence-electron chi connectivity index (χ0n) is 11.2. The minimum atomic E-state index is -0.973. The van der Waals surface area contributed by atoms with Crippen molar-refractivity contribution in [2.45, 2.75) is 31.1 Å². The number of aliphatic hydroxyl groups is 3. The smallest absolute Gasteiger partial charge is 0.243 e. The molecule has 2 heterocycles. The van der Waals surface area contributed by atoms with Gasteiger partial charge in [0.15, 0.2) is 5.82 Å². The Bertz CT molecular complexity index is 635. The van der Waals surface area contributed by atoms with Gasteiger partial charge in [0.05, 0.1) is 12.1 Å². The second-order valence-corrected chi connectivity index (χ2v) is 5.66. The van der Waals surface area contributed by atoms with E-state index < -0.39 is 12.2 Å². The molecule has 1 aliphatic carbocycles. The molecule has 0 aliphatic heterocycles. The van der Waals surface area contributed by atoms with Crippen molar-refractivity contribution >= 4 is 22.9 Å². The first-order chi connectivity index (χ1) is 10.1. The maximum absolute atomic E-state index is 10.2. The van der Waals surface area contributed by atoms with Gasteiger partial charge in [0.25, 0.3) is 0 Å². The van der Waals surface area contributed by atoms with E-state index in [9.17, 15) is 15.3 Å². The molecular formula is C13H17ClN4O3. The van der Waals surface area contributed by atoms with Crippen LogP contribution in [0.15, 0.2) is 18.3 Å². The van der Waals surface area contributed by atoms with Crippen LogP contribution in [0.4, 0.5) is 5.82 Å². The van der Waals surface area contributed by atoms with Crippen LogP contribution < -0.4 is 5.32 Å². The molecule has 7 nitrogen and oxygen atoms in total. The Morgan fingerprint density at radius 1 is 1.33 bits per heavy atom. The molecular weight excluding hydrogens is 296 g/mol. The number of rotatable bonds is 3. The molecule has 2 aromatic rings. The van der Waals surface area contributed by atoms with E-state index in [1.807, 2.05) is 12.1 Å². The molecule has 0 amide bonds. The van der Waals surface area contributed by atoms with Crippen LogP contribution in [0.1, 0.15) is 12.8 Å². The fourth-order valence-corrected chi connectivity index (χ4v) is 2.96. The van der Waals surface area contributed by atoms with Crippen LogP contribution in [0, 0.1) is 5.92 Å². The van der Waals surface area contributed by atoms with Gasteiger partial charge in [-0.05, 0) is 36.6 Å². The fraction of sp³-hybridized carbons (Fsp3) is 0.538. The summed E-state index contributed by atoms with van der Waals surface area (Å²) in [5, 5.41) is 36.6. The lowest BCUT2D eigenvalue weighted by atomic mass is 9.82. The Morgan fingerprint density at radius 2 is 2.14 bits per heavy atom. The van der Waals surface area contributed by atoms with Gasteiger partial charge in [0, 0.05) is 18.7 Å². The highest BCUT2D eigenvalue weighted by Crippen LogP contribution is 2.28. The van der Waals surface area contributed by atoms with Crippen LogP contribution in [-0.2, 0) is 0 Å². The van der Waals surface area contributed by atoms with Gasteiger partial charge in [-0.2, -0.15) is 4.98 Å². The zero-order chi connectivity index (χ0) is 15.0. The van der Waals surface area contributed by atoms with E-state index >= 15 is 0 Å². The number of nitrogens with zero attached hydrogens (tertiary/aromatic N) is 3. The third-order valence-corrected chi connectivity index (χ3v) is 4.18. The normalized spacial score (nSPS) is 29.7. The van der Waals surface area contributed by atoms with Crippen molar-refractivity contribution in [2.75, 3.05) is 11.9 Å². The summed E-state index contributed by atoms with van der Waals surface area (Å²) in [5.74, 6) is 0.221. The molecule has 0 bridgehead atoms. The Balaban J connectivity index is 1.84. The van der Waals surface area contributed by atoms with Crippen LogP contribution in [-0.4, -0.2) is 54.8 Å². The molecule has 0 saturated heterocycles. The summed E-state index contributed by atoms with van der Waals surface area (Å²) in [6.45, 7) is -0.132. The molecule has 0 aromatic carbocycles. The van der Waals surface area contributed by atoms with Crippen LogP contribution in [0.2, 0.25) is 5.28 Å². The first-order valence-electron chi connectivity index (χ1n) is 6.84. The van der Waals surface area contributed by atoms with Gasteiger partial charge in [-0.3, -0.25) is 0 Å². The predicted octanol–water partition coefficient (Wildman–Crippen LogP) is 0.287. The van der Waals surface area contributed by atoms with Crippen molar-refractivity contribution in [3.63, 3.8) is 0 Å². The quantitative estimate of drug-likeness (QED) is 0.649. The summed E-state index contributed by atoms with van der Waals surface area (Å²) < 4.78 is 1.60. The average molecular weight is 313 g/mol. The molecule has 8 heteroatoms. The topological polar surface area (TPSA) is 103 Å².